The number of rotatable bonds is 7. The van der Waals surface area contributed by atoms with Crippen LogP contribution < -0.4 is 5.32 Å². The number of nitrogens with one attached hydrogen (secondary N) is 1. The van der Waals surface area contributed by atoms with E-state index in [1.165, 1.54) is 6.07 Å². The topological polar surface area (TPSA) is 73.2 Å². The van der Waals surface area contributed by atoms with E-state index in [1.807, 2.05) is 38.1 Å². The molecular weight excluding hydrogens is 393 g/mol. The van der Waals surface area contributed by atoms with Gasteiger partial charge in [-0.05, 0) is 38.1 Å². The molecular formula is C21H20FN3O3S. The van der Waals surface area contributed by atoms with Crippen molar-refractivity contribution in [2.45, 2.75) is 18.7 Å². The molecule has 1 aromatic heterocycles. The fraction of sp³-hybridized carbons (Fsp3) is 0.190. The minimum atomic E-state index is -0.600. The maximum Gasteiger partial charge on any atom is 0.316 e. The molecule has 6 nitrogen and oxygen atoms in total. The van der Waals surface area contributed by atoms with Gasteiger partial charge in [0.15, 0.2) is 6.61 Å². The molecule has 0 aliphatic rings. The van der Waals surface area contributed by atoms with Gasteiger partial charge >= 0.3 is 5.97 Å². The summed E-state index contributed by atoms with van der Waals surface area (Å²) in [6.45, 7) is 3.37. The first-order valence-electron chi connectivity index (χ1n) is 8.89. The lowest BCUT2D eigenvalue weighted by Crippen LogP contribution is -2.23. The zero-order chi connectivity index (χ0) is 20.8. The third-order valence-electron chi connectivity index (χ3n) is 3.92. The second kappa shape index (κ2) is 9.38. The summed E-state index contributed by atoms with van der Waals surface area (Å²) < 4.78 is 20.1. The monoisotopic (exact) mass is 413 g/mol. The summed E-state index contributed by atoms with van der Waals surface area (Å²) in [7, 11) is 0. The fourth-order valence-electron chi connectivity index (χ4n) is 2.54. The van der Waals surface area contributed by atoms with Crippen molar-refractivity contribution >= 4 is 29.5 Å². The number of carbonyl (C=O) groups is 2. The molecule has 2 aromatic carbocycles. The van der Waals surface area contributed by atoms with Crippen molar-refractivity contribution in [3.8, 4) is 5.69 Å². The Labute approximate surface area is 172 Å². The highest BCUT2D eigenvalue weighted by Gasteiger charge is 2.13. The van der Waals surface area contributed by atoms with Crippen molar-refractivity contribution in [1.82, 2.24) is 9.78 Å². The van der Waals surface area contributed by atoms with Crippen LogP contribution in [0.25, 0.3) is 5.69 Å². The van der Waals surface area contributed by atoms with Crippen molar-refractivity contribution < 1.29 is 18.7 Å². The lowest BCUT2D eigenvalue weighted by atomic mass is 10.2. The molecule has 3 aromatic rings. The summed E-state index contributed by atoms with van der Waals surface area (Å²) in [6, 6.07) is 15.6. The number of aromatic nitrogens is 2. The number of carbonyl (C=O) groups excluding carboxylic acids is 2. The molecule has 0 unspecified atom stereocenters. The van der Waals surface area contributed by atoms with Gasteiger partial charge in [0.1, 0.15) is 11.6 Å². The average Bonchev–Trinajstić information content (AvgIpc) is 3.06. The molecule has 1 N–H and O–H groups in total. The van der Waals surface area contributed by atoms with Gasteiger partial charge in [-0.25, -0.2) is 9.07 Å². The normalized spacial score (nSPS) is 10.6. The number of aryl methyl sites for hydroxylation is 2. The van der Waals surface area contributed by atoms with E-state index in [9.17, 15) is 14.0 Å². The third kappa shape index (κ3) is 5.68. The molecule has 0 bridgehead atoms. The predicted molar refractivity (Wildman–Crippen MR) is 110 cm³/mol. The highest BCUT2D eigenvalue weighted by Crippen LogP contribution is 2.21. The summed E-state index contributed by atoms with van der Waals surface area (Å²) in [6.07, 6.45) is 0. The molecule has 0 saturated carbocycles. The Hall–Kier alpha value is -3.13. The number of benzene rings is 2. The largest absolute Gasteiger partial charge is 0.455 e. The predicted octanol–water partition coefficient (Wildman–Crippen LogP) is 3.90. The second-order valence-corrected chi connectivity index (χ2v) is 7.36. The number of anilines is 1. The first-order valence-corrected chi connectivity index (χ1v) is 9.87. The standard InChI is InChI=1S/C21H20FN3O3S/c1-14-7-9-16(10-8-14)25-19(11-15(2)24-25)23-20(26)12-28-21(27)13-29-18-6-4-3-5-17(18)22/h3-11H,12-13H2,1-2H3,(H,23,26). The Morgan fingerprint density at radius 1 is 1.14 bits per heavy atom. The van der Waals surface area contributed by atoms with Crippen LogP contribution in [0, 0.1) is 19.7 Å². The van der Waals surface area contributed by atoms with Gasteiger partial charge in [0.05, 0.1) is 17.1 Å². The van der Waals surface area contributed by atoms with E-state index < -0.39 is 24.3 Å². The van der Waals surface area contributed by atoms with Crippen LogP contribution in [0.2, 0.25) is 0 Å². The number of ether oxygens (including phenoxy) is 1. The van der Waals surface area contributed by atoms with E-state index in [1.54, 1.807) is 28.9 Å². The Bertz CT molecular complexity index is 1020. The molecule has 3 rings (SSSR count). The van der Waals surface area contributed by atoms with E-state index in [0.29, 0.717) is 10.7 Å². The summed E-state index contributed by atoms with van der Waals surface area (Å²) in [5, 5.41) is 7.09. The molecule has 8 heteroatoms. The quantitative estimate of drug-likeness (QED) is 0.470. The van der Waals surface area contributed by atoms with Crippen LogP contribution in [0.5, 0.6) is 0 Å². The van der Waals surface area contributed by atoms with Crippen molar-refractivity contribution in [3.05, 3.63) is 71.7 Å². The number of amides is 1. The number of esters is 1. The van der Waals surface area contributed by atoms with Crippen LogP contribution in [-0.2, 0) is 14.3 Å². The van der Waals surface area contributed by atoms with Crippen molar-refractivity contribution in [1.29, 1.82) is 0 Å². The van der Waals surface area contributed by atoms with Gasteiger partial charge in [-0.3, -0.25) is 9.59 Å². The molecule has 1 heterocycles. The average molecular weight is 413 g/mol. The maximum atomic E-state index is 13.6. The van der Waals surface area contributed by atoms with E-state index in [2.05, 4.69) is 10.4 Å². The van der Waals surface area contributed by atoms with Gasteiger partial charge in [-0.15, -0.1) is 11.8 Å². The summed E-state index contributed by atoms with van der Waals surface area (Å²) >= 11 is 1.02. The number of thioether (sulfide) groups is 1. The Kier molecular flexibility index (Phi) is 6.66. The molecule has 0 saturated heterocycles. The maximum absolute atomic E-state index is 13.6. The molecule has 0 aliphatic carbocycles. The van der Waals surface area contributed by atoms with Crippen molar-refractivity contribution in [2.24, 2.45) is 0 Å². The van der Waals surface area contributed by atoms with Crippen LogP contribution >= 0.6 is 11.8 Å². The van der Waals surface area contributed by atoms with Gasteiger partial charge in [-0.2, -0.15) is 5.10 Å². The molecule has 1 amide bonds. The van der Waals surface area contributed by atoms with Gasteiger partial charge < -0.3 is 10.1 Å². The molecule has 0 spiro atoms. The smallest absolute Gasteiger partial charge is 0.316 e. The van der Waals surface area contributed by atoms with Crippen LogP contribution in [0.3, 0.4) is 0 Å². The van der Waals surface area contributed by atoms with E-state index in [0.717, 1.165) is 28.7 Å². The Balaban J connectivity index is 1.54. The third-order valence-corrected chi connectivity index (χ3v) is 4.95. The second-order valence-electron chi connectivity index (χ2n) is 6.35. The van der Waals surface area contributed by atoms with Crippen LogP contribution in [0.15, 0.2) is 59.5 Å². The van der Waals surface area contributed by atoms with Crippen LogP contribution in [-0.4, -0.2) is 34.0 Å². The lowest BCUT2D eigenvalue weighted by molar-refractivity contribution is -0.144. The van der Waals surface area contributed by atoms with Gasteiger partial charge in [0, 0.05) is 11.0 Å². The summed E-state index contributed by atoms with van der Waals surface area (Å²) in [4.78, 5) is 24.4. The zero-order valence-corrected chi connectivity index (χ0v) is 16.8. The first kappa shape index (κ1) is 20.6. The first-order chi connectivity index (χ1) is 13.9. The molecule has 29 heavy (non-hydrogen) atoms. The Morgan fingerprint density at radius 3 is 2.59 bits per heavy atom. The minimum absolute atomic E-state index is 0.0887. The number of nitrogens with zero attached hydrogens (tertiary/aromatic N) is 2. The summed E-state index contributed by atoms with van der Waals surface area (Å²) in [5.41, 5.74) is 2.65. The van der Waals surface area contributed by atoms with Crippen molar-refractivity contribution in [2.75, 3.05) is 17.7 Å². The van der Waals surface area contributed by atoms with Crippen molar-refractivity contribution in [3.63, 3.8) is 0 Å². The van der Waals surface area contributed by atoms with Crippen LogP contribution in [0.4, 0.5) is 10.2 Å². The molecule has 0 fully saturated rings. The molecule has 0 atom stereocenters. The van der Waals surface area contributed by atoms with Gasteiger partial charge in [0.2, 0.25) is 0 Å². The Morgan fingerprint density at radius 2 is 1.86 bits per heavy atom. The zero-order valence-electron chi connectivity index (χ0n) is 16.0. The fourth-order valence-corrected chi connectivity index (χ4v) is 3.27. The number of halogens is 1. The highest BCUT2D eigenvalue weighted by atomic mass is 32.2. The molecule has 0 radical (unpaired) electrons. The highest BCUT2D eigenvalue weighted by molar-refractivity contribution is 8.00. The summed E-state index contributed by atoms with van der Waals surface area (Å²) in [5.74, 6) is -1.09. The van der Waals surface area contributed by atoms with E-state index >= 15 is 0 Å². The van der Waals surface area contributed by atoms with Crippen LogP contribution in [0.1, 0.15) is 11.3 Å². The molecule has 150 valence electrons. The van der Waals surface area contributed by atoms with Gasteiger partial charge in [-0.1, -0.05) is 29.8 Å². The van der Waals surface area contributed by atoms with E-state index in [-0.39, 0.29) is 5.75 Å². The van der Waals surface area contributed by atoms with Gasteiger partial charge in [0.25, 0.3) is 5.91 Å². The SMILES string of the molecule is Cc1ccc(-n2nc(C)cc2NC(=O)COC(=O)CSc2ccccc2F)cc1. The van der Waals surface area contributed by atoms with E-state index in [4.69, 9.17) is 4.74 Å². The molecule has 0 aliphatic heterocycles. The number of hydrogen-bond donors (Lipinski definition) is 1. The lowest BCUT2D eigenvalue weighted by Gasteiger charge is -2.10. The number of hydrogen-bond acceptors (Lipinski definition) is 5. The minimum Gasteiger partial charge on any atom is -0.455 e.